The average Bonchev–Trinajstić information content (AvgIpc) is 2.87. The molecule has 6 nitrogen and oxygen atoms in total. The second kappa shape index (κ2) is 5.44. The van der Waals surface area contributed by atoms with E-state index in [1.807, 2.05) is 13.0 Å². The van der Waals surface area contributed by atoms with Gasteiger partial charge in [0.15, 0.2) is 5.82 Å². The summed E-state index contributed by atoms with van der Waals surface area (Å²) in [7, 11) is 0. The van der Waals surface area contributed by atoms with Crippen LogP contribution < -0.4 is 0 Å². The monoisotopic (exact) mass is 258 g/mol. The molecular formula is C13H18N6. The van der Waals surface area contributed by atoms with E-state index >= 15 is 0 Å². The molecule has 2 aromatic rings. The summed E-state index contributed by atoms with van der Waals surface area (Å²) in [5.41, 5.74) is 0. The lowest BCUT2D eigenvalue weighted by atomic mass is 10.0. The Morgan fingerprint density at radius 1 is 1.32 bits per heavy atom. The molecule has 0 unspecified atom stereocenters. The maximum Gasteiger partial charge on any atom is 0.167 e. The summed E-state index contributed by atoms with van der Waals surface area (Å²) in [6.07, 6.45) is 7.12. The fourth-order valence-corrected chi connectivity index (χ4v) is 2.57. The summed E-state index contributed by atoms with van der Waals surface area (Å²) < 4.78 is 0. The van der Waals surface area contributed by atoms with Gasteiger partial charge in [-0.15, -0.1) is 0 Å². The van der Waals surface area contributed by atoms with Crippen LogP contribution in [0.4, 0.5) is 0 Å². The Balaban J connectivity index is 1.77. The number of aryl methyl sites for hydroxylation is 1. The van der Waals surface area contributed by atoms with Crippen LogP contribution in [-0.4, -0.2) is 36.6 Å². The van der Waals surface area contributed by atoms with Gasteiger partial charge in [0, 0.05) is 12.4 Å². The SMILES string of the molecule is Cc1nc([C@@H]2CCCCN2Cc2ncccn2)n[nH]1. The van der Waals surface area contributed by atoms with Crippen LogP contribution in [-0.2, 0) is 6.54 Å². The topological polar surface area (TPSA) is 70.6 Å². The molecule has 3 rings (SSSR count). The lowest BCUT2D eigenvalue weighted by Gasteiger charge is -2.33. The van der Waals surface area contributed by atoms with E-state index in [4.69, 9.17) is 0 Å². The second-order valence-corrected chi connectivity index (χ2v) is 4.93. The Morgan fingerprint density at radius 3 is 2.89 bits per heavy atom. The first-order valence-electron chi connectivity index (χ1n) is 6.72. The van der Waals surface area contributed by atoms with Crippen molar-refractivity contribution in [1.29, 1.82) is 0 Å². The number of aromatic nitrogens is 5. The summed E-state index contributed by atoms with van der Waals surface area (Å²) in [6, 6.07) is 2.12. The molecule has 1 fully saturated rings. The minimum Gasteiger partial charge on any atom is -0.286 e. The van der Waals surface area contributed by atoms with Crippen molar-refractivity contribution in [3.63, 3.8) is 0 Å². The fraction of sp³-hybridized carbons (Fsp3) is 0.538. The Hall–Kier alpha value is -1.82. The van der Waals surface area contributed by atoms with E-state index in [1.54, 1.807) is 12.4 Å². The highest BCUT2D eigenvalue weighted by atomic mass is 15.3. The van der Waals surface area contributed by atoms with Crippen molar-refractivity contribution in [3.05, 3.63) is 35.9 Å². The van der Waals surface area contributed by atoms with Gasteiger partial charge in [0.2, 0.25) is 0 Å². The Bertz CT molecular complexity index is 523. The van der Waals surface area contributed by atoms with Gasteiger partial charge in [-0.2, -0.15) is 5.10 Å². The van der Waals surface area contributed by atoms with Gasteiger partial charge >= 0.3 is 0 Å². The van der Waals surface area contributed by atoms with Crippen molar-refractivity contribution in [1.82, 2.24) is 30.0 Å². The molecule has 0 aliphatic carbocycles. The highest BCUT2D eigenvalue weighted by Gasteiger charge is 2.27. The van der Waals surface area contributed by atoms with Crippen LogP contribution in [0.2, 0.25) is 0 Å². The highest BCUT2D eigenvalue weighted by molar-refractivity contribution is 4.99. The predicted octanol–water partition coefficient (Wildman–Crippen LogP) is 1.63. The molecule has 1 atom stereocenters. The quantitative estimate of drug-likeness (QED) is 0.906. The molecule has 1 saturated heterocycles. The molecule has 0 saturated carbocycles. The molecule has 0 radical (unpaired) electrons. The van der Waals surface area contributed by atoms with Crippen LogP contribution in [0, 0.1) is 6.92 Å². The van der Waals surface area contributed by atoms with E-state index in [1.165, 1.54) is 12.8 Å². The van der Waals surface area contributed by atoms with Gasteiger partial charge in [-0.05, 0) is 32.4 Å². The van der Waals surface area contributed by atoms with E-state index in [2.05, 4.69) is 30.0 Å². The molecule has 0 amide bonds. The molecule has 1 N–H and O–H groups in total. The molecule has 0 bridgehead atoms. The fourth-order valence-electron chi connectivity index (χ4n) is 2.57. The number of rotatable bonds is 3. The zero-order chi connectivity index (χ0) is 13.1. The molecule has 2 aromatic heterocycles. The van der Waals surface area contributed by atoms with Crippen LogP contribution in [0.15, 0.2) is 18.5 Å². The number of nitrogens with zero attached hydrogens (tertiary/aromatic N) is 5. The first-order chi connectivity index (χ1) is 9.33. The molecule has 0 spiro atoms. The van der Waals surface area contributed by atoms with Gasteiger partial charge in [-0.3, -0.25) is 10.00 Å². The van der Waals surface area contributed by atoms with E-state index in [9.17, 15) is 0 Å². The van der Waals surface area contributed by atoms with Crippen LogP contribution in [0.5, 0.6) is 0 Å². The third-order valence-corrected chi connectivity index (χ3v) is 3.49. The number of aromatic amines is 1. The van der Waals surface area contributed by atoms with Gasteiger partial charge in [0.05, 0.1) is 12.6 Å². The number of nitrogens with one attached hydrogen (secondary N) is 1. The predicted molar refractivity (Wildman–Crippen MR) is 70.2 cm³/mol. The highest BCUT2D eigenvalue weighted by Crippen LogP contribution is 2.29. The largest absolute Gasteiger partial charge is 0.286 e. The summed E-state index contributed by atoms with van der Waals surface area (Å²) >= 11 is 0. The molecular weight excluding hydrogens is 240 g/mol. The van der Waals surface area contributed by atoms with E-state index in [0.717, 1.165) is 37.0 Å². The minimum absolute atomic E-state index is 0.280. The maximum atomic E-state index is 4.48. The van der Waals surface area contributed by atoms with Crippen LogP contribution in [0.3, 0.4) is 0 Å². The molecule has 19 heavy (non-hydrogen) atoms. The number of H-pyrrole nitrogens is 1. The van der Waals surface area contributed by atoms with Gasteiger partial charge in [-0.25, -0.2) is 15.0 Å². The molecule has 100 valence electrons. The van der Waals surface area contributed by atoms with Crippen molar-refractivity contribution in [2.24, 2.45) is 0 Å². The number of hydrogen-bond acceptors (Lipinski definition) is 5. The lowest BCUT2D eigenvalue weighted by molar-refractivity contribution is 0.130. The van der Waals surface area contributed by atoms with Gasteiger partial charge in [-0.1, -0.05) is 6.42 Å². The molecule has 6 heteroatoms. The summed E-state index contributed by atoms with van der Waals surface area (Å²) in [5, 5.41) is 7.24. The Morgan fingerprint density at radius 2 is 2.16 bits per heavy atom. The van der Waals surface area contributed by atoms with E-state index in [0.29, 0.717) is 0 Å². The summed E-state index contributed by atoms with van der Waals surface area (Å²) in [6.45, 7) is 3.75. The minimum atomic E-state index is 0.280. The number of likely N-dealkylation sites (tertiary alicyclic amines) is 1. The summed E-state index contributed by atoms with van der Waals surface area (Å²) in [4.78, 5) is 15.5. The average molecular weight is 258 g/mol. The van der Waals surface area contributed by atoms with Crippen LogP contribution in [0.1, 0.15) is 42.8 Å². The zero-order valence-corrected chi connectivity index (χ0v) is 11.1. The third kappa shape index (κ3) is 2.78. The van der Waals surface area contributed by atoms with Crippen molar-refractivity contribution in [3.8, 4) is 0 Å². The normalized spacial score (nSPS) is 20.6. The smallest absolute Gasteiger partial charge is 0.167 e. The third-order valence-electron chi connectivity index (χ3n) is 3.49. The van der Waals surface area contributed by atoms with Crippen molar-refractivity contribution >= 4 is 0 Å². The van der Waals surface area contributed by atoms with Crippen molar-refractivity contribution in [2.75, 3.05) is 6.54 Å². The first kappa shape index (κ1) is 12.2. The first-order valence-corrected chi connectivity index (χ1v) is 6.72. The molecule has 0 aromatic carbocycles. The number of hydrogen-bond donors (Lipinski definition) is 1. The lowest BCUT2D eigenvalue weighted by Crippen LogP contribution is -2.34. The summed E-state index contributed by atoms with van der Waals surface area (Å²) in [5.74, 6) is 2.63. The van der Waals surface area contributed by atoms with Gasteiger partial charge in [0.25, 0.3) is 0 Å². The standard InChI is InChI=1S/C13H18N6/c1-10-16-13(18-17-10)11-5-2-3-8-19(11)9-12-14-6-4-7-15-12/h4,6-7,11H,2-3,5,8-9H2,1H3,(H,16,17,18)/t11-/m0/s1. The second-order valence-electron chi connectivity index (χ2n) is 4.93. The van der Waals surface area contributed by atoms with Crippen LogP contribution in [0.25, 0.3) is 0 Å². The number of piperidine rings is 1. The van der Waals surface area contributed by atoms with Gasteiger partial charge in [0.1, 0.15) is 11.6 Å². The molecule has 1 aliphatic rings. The maximum absolute atomic E-state index is 4.48. The van der Waals surface area contributed by atoms with Crippen molar-refractivity contribution < 1.29 is 0 Å². The van der Waals surface area contributed by atoms with Crippen LogP contribution >= 0.6 is 0 Å². The van der Waals surface area contributed by atoms with E-state index < -0.39 is 0 Å². The molecule has 1 aliphatic heterocycles. The van der Waals surface area contributed by atoms with E-state index in [-0.39, 0.29) is 6.04 Å². The van der Waals surface area contributed by atoms with Crippen molar-refractivity contribution in [2.45, 2.75) is 38.8 Å². The Kier molecular flexibility index (Phi) is 3.50. The van der Waals surface area contributed by atoms with Gasteiger partial charge < -0.3 is 0 Å². The Labute approximate surface area is 112 Å². The zero-order valence-electron chi connectivity index (χ0n) is 11.1. The molecule has 3 heterocycles.